The van der Waals surface area contributed by atoms with Crippen molar-refractivity contribution in [1.82, 2.24) is 9.15 Å². The van der Waals surface area contributed by atoms with E-state index < -0.39 is 0 Å². The van der Waals surface area contributed by atoms with Gasteiger partial charge in [0.2, 0.25) is 11.4 Å². The minimum atomic E-state index is 0.405. The molecule has 2 heteroatoms. The number of hydrogen-bond donors (Lipinski definition) is 0. The van der Waals surface area contributed by atoms with Crippen molar-refractivity contribution in [2.75, 3.05) is 0 Å². The van der Waals surface area contributed by atoms with Crippen molar-refractivity contribution < 1.29 is 0 Å². The van der Waals surface area contributed by atoms with Crippen LogP contribution in [0.2, 0.25) is 0 Å². The molecule has 1 aliphatic rings. The Bertz CT molecular complexity index is 1390. The average Bonchev–Trinajstić information content (AvgIpc) is 3.23. The first-order valence-corrected chi connectivity index (χ1v) is 13.8. The van der Waals surface area contributed by atoms with Gasteiger partial charge in [0, 0.05) is 34.4 Å². The molecule has 0 atom stereocenters. The van der Waals surface area contributed by atoms with Crippen LogP contribution in [-0.4, -0.2) is 6.01 Å². The topological polar surface area (TPSA) is 6.02 Å². The van der Waals surface area contributed by atoms with Crippen molar-refractivity contribution in [2.45, 2.75) is 79.1 Å². The first-order chi connectivity index (χ1) is 17.7. The largest absolute Gasteiger partial charge is 0.503 e. The van der Waals surface area contributed by atoms with Crippen LogP contribution in [0.3, 0.4) is 0 Å². The molecule has 0 aliphatic carbocycles. The van der Waals surface area contributed by atoms with Crippen LogP contribution in [0.5, 0.6) is 0 Å². The first-order valence-electron chi connectivity index (χ1n) is 13.8. The van der Waals surface area contributed by atoms with Gasteiger partial charge in [-0.3, -0.25) is 0 Å². The summed E-state index contributed by atoms with van der Waals surface area (Å²) in [6, 6.07) is 30.9. The maximum absolute atomic E-state index is 3.91. The summed E-state index contributed by atoms with van der Waals surface area (Å²) >= 11 is 0. The molecule has 0 saturated heterocycles. The molecule has 0 radical (unpaired) electrons. The summed E-state index contributed by atoms with van der Waals surface area (Å²) in [5, 5.41) is 2.51. The molecule has 0 saturated carbocycles. The molecule has 1 heterocycles. The number of hydrogen-bond acceptors (Lipinski definition) is 0. The van der Waals surface area contributed by atoms with Gasteiger partial charge in [-0.05, 0) is 43.6 Å². The van der Waals surface area contributed by atoms with E-state index in [1.165, 1.54) is 55.8 Å². The Morgan fingerprint density at radius 2 is 0.784 bits per heavy atom. The van der Waals surface area contributed by atoms with Crippen LogP contribution in [0.15, 0.2) is 72.8 Å². The van der Waals surface area contributed by atoms with Gasteiger partial charge in [0.25, 0.3) is 11.4 Å². The number of benzene rings is 4. The second-order valence-electron chi connectivity index (χ2n) is 11.6. The quantitative estimate of drug-likeness (QED) is 0.210. The van der Waals surface area contributed by atoms with E-state index in [2.05, 4.69) is 143 Å². The van der Waals surface area contributed by atoms with Crippen LogP contribution in [0.1, 0.15) is 101 Å². The van der Waals surface area contributed by atoms with Crippen molar-refractivity contribution >= 4 is 39.5 Å². The van der Waals surface area contributed by atoms with Gasteiger partial charge in [0.15, 0.2) is 0 Å². The lowest BCUT2D eigenvalue weighted by Crippen LogP contribution is -2.10. The molecule has 2 nitrogen and oxygen atoms in total. The molecule has 0 spiro atoms. The third-order valence-electron chi connectivity index (χ3n) is 7.66. The highest BCUT2D eigenvalue weighted by atomic mass is 15.2. The van der Waals surface area contributed by atoms with E-state index >= 15 is 0 Å². The van der Waals surface area contributed by atoms with Crippen LogP contribution in [0.4, 0.5) is 22.7 Å². The minimum absolute atomic E-state index is 0.405. The van der Waals surface area contributed by atoms with Gasteiger partial charge in [-0.15, -0.1) is 0 Å². The summed E-state index contributed by atoms with van der Waals surface area (Å²) in [6.45, 7) is 18.4. The molecule has 4 aromatic rings. The molecule has 0 aromatic heterocycles. The van der Waals surface area contributed by atoms with Gasteiger partial charge < -0.3 is 0 Å². The van der Waals surface area contributed by atoms with Gasteiger partial charge >= 0.3 is 6.01 Å². The molecule has 0 bridgehead atoms. The lowest BCUT2D eigenvalue weighted by Gasteiger charge is -2.14. The summed E-state index contributed by atoms with van der Waals surface area (Å²) < 4.78 is 4.71. The fourth-order valence-corrected chi connectivity index (χ4v) is 5.66. The summed E-state index contributed by atoms with van der Waals surface area (Å²) in [5.41, 5.74) is 10.4. The number of nitrogens with zero attached hydrogens (tertiary/aromatic N) is 2. The number of rotatable bonds is 6. The van der Waals surface area contributed by atoms with Crippen LogP contribution in [-0.2, 0) is 0 Å². The van der Waals surface area contributed by atoms with Gasteiger partial charge in [0.05, 0.1) is 0 Å². The zero-order valence-corrected chi connectivity index (χ0v) is 23.6. The van der Waals surface area contributed by atoms with E-state index in [-0.39, 0.29) is 0 Å². The number of para-hydroxylation sites is 2. The van der Waals surface area contributed by atoms with E-state index in [0.717, 1.165) is 0 Å². The van der Waals surface area contributed by atoms with Crippen LogP contribution in [0.25, 0.3) is 10.8 Å². The second kappa shape index (κ2) is 9.77. The molecule has 37 heavy (non-hydrogen) atoms. The van der Waals surface area contributed by atoms with E-state index in [4.69, 9.17) is 0 Å². The highest BCUT2D eigenvalue weighted by molar-refractivity contribution is 5.97. The van der Waals surface area contributed by atoms with Gasteiger partial charge in [-0.2, -0.15) is 0 Å². The van der Waals surface area contributed by atoms with Crippen LogP contribution in [0, 0.1) is 0 Å². The second-order valence-corrected chi connectivity index (χ2v) is 11.6. The summed E-state index contributed by atoms with van der Waals surface area (Å²) in [6.07, 6.45) is 0. The molecule has 0 unspecified atom stereocenters. The van der Waals surface area contributed by atoms with Crippen LogP contribution >= 0.6 is 0 Å². The Morgan fingerprint density at radius 3 is 1.08 bits per heavy atom. The van der Waals surface area contributed by atoms with Crippen LogP contribution < -0.4 is 9.15 Å². The Kier molecular flexibility index (Phi) is 6.65. The predicted octanol–water partition coefficient (Wildman–Crippen LogP) is 10.2. The maximum atomic E-state index is 3.91. The Morgan fingerprint density at radius 1 is 0.459 bits per heavy atom. The lowest BCUT2D eigenvalue weighted by atomic mass is 9.92. The van der Waals surface area contributed by atoms with Crippen molar-refractivity contribution in [1.29, 1.82) is 0 Å². The van der Waals surface area contributed by atoms with Gasteiger partial charge in [-0.25, -0.2) is 0 Å². The summed E-state index contributed by atoms with van der Waals surface area (Å²) in [7, 11) is 0. The average molecular weight is 489 g/mol. The maximum Gasteiger partial charge on any atom is 0.503 e. The lowest BCUT2D eigenvalue weighted by molar-refractivity contribution is 0.815. The molecule has 5 rings (SSSR count). The molecular formula is C35H40N2+2. The zero-order valence-electron chi connectivity index (χ0n) is 23.6. The predicted molar refractivity (Wildman–Crippen MR) is 161 cm³/mol. The SMILES string of the molecule is CC(C)c1cccc(C(C)C)c1[N+]1=C=[N+](c2c(C(C)C)cccc2C(C)C)c2cc3ccccc3cc21. The molecule has 0 N–H and O–H groups in total. The molecular weight excluding hydrogens is 448 g/mol. The van der Waals surface area contributed by atoms with E-state index in [1.807, 2.05) is 0 Å². The van der Waals surface area contributed by atoms with Gasteiger partial charge in [0.1, 0.15) is 0 Å². The monoisotopic (exact) mass is 488 g/mol. The minimum Gasteiger partial charge on any atom is -0.0616 e. The first kappa shape index (κ1) is 25.2. The standard InChI is InChI=1S/C35H40N2/c1-22(2)28-15-11-16-29(23(3)4)34(28)36-21-37(33-20-27-14-10-9-13-26(27)19-32(33)36)35-30(24(5)6)17-12-18-31(35)25(7)8/h9-20,22-25H,1-8H3/q+2. The summed E-state index contributed by atoms with van der Waals surface area (Å²) in [4.78, 5) is 0. The van der Waals surface area contributed by atoms with E-state index in [0.29, 0.717) is 23.7 Å². The van der Waals surface area contributed by atoms with E-state index in [1.54, 1.807) is 0 Å². The third-order valence-corrected chi connectivity index (χ3v) is 7.66. The molecule has 0 fully saturated rings. The number of fused-ring (bicyclic) bond motifs is 2. The van der Waals surface area contributed by atoms with Crippen molar-refractivity contribution in [3.63, 3.8) is 0 Å². The molecule has 4 aromatic carbocycles. The Hall–Kier alpha value is -3.48. The highest BCUT2D eigenvalue weighted by Crippen LogP contribution is 2.45. The highest BCUT2D eigenvalue weighted by Gasteiger charge is 2.42. The molecule has 188 valence electrons. The fraction of sp³-hybridized carbons (Fsp3) is 0.343. The van der Waals surface area contributed by atoms with Gasteiger partial charge in [-0.1, -0.05) is 116 Å². The smallest absolute Gasteiger partial charge is 0.0616 e. The normalized spacial score (nSPS) is 13.2. The van der Waals surface area contributed by atoms with Crippen molar-refractivity contribution in [3.8, 4) is 0 Å². The Balaban J connectivity index is 1.95. The summed E-state index contributed by atoms with van der Waals surface area (Å²) in [5.74, 6) is 1.62. The van der Waals surface area contributed by atoms with E-state index in [9.17, 15) is 0 Å². The van der Waals surface area contributed by atoms with Crippen molar-refractivity contribution in [2.24, 2.45) is 0 Å². The fourth-order valence-electron chi connectivity index (χ4n) is 5.66. The van der Waals surface area contributed by atoms with Crippen molar-refractivity contribution in [3.05, 3.63) is 95.1 Å². The third kappa shape index (κ3) is 4.34. The zero-order chi connectivity index (χ0) is 26.4. The molecule has 1 aliphatic heterocycles. The molecule has 0 amide bonds. The Labute approximate surface area is 222 Å².